The van der Waals surface area contributed by atoms with Crippen molar-refractivity contribution in [2.24, 2.45) is 11.8 Å². The van der Waals surface area contributed by atoms with Crippen molar-refractivity contribution in [3.05, 3.63) is 46.4 Å². The molecule has 0 spiro atoms. The number of halogens is 3. The van der Waals surface area contributed by atoms with Crippen LogP contribution in [-0.4, -0.2) is 58.9 Å². The maximum absolute atomic E-state index is 13.1. The lowest BCUT2D eigenvalue weighted by atomic mass is 10.2. The molecule has 13 heteroatoms. The molecule has 0 N–H and O–H groups in total. The van der Waals surface area contributed by atoms with Crippen LogP contribution < -0.4 is 9.47 Å². The van der Waals surface area contributed by atoms with Crippen molar-refractivity contribution in [1.82, 2.24) is 4.31 Å². The van der Waals surface area contributed by atoms with Crippen molar-refractivity contribution in [2.75, 3.05) is 31.9 Å². The number of nitrogens with zero attached hydrogens (tertiary/aromatic N) is 1. The van der Waals surface area contributed by atoms with E-state index in [-0.39, 0.29) is 57.2 Å². The fourth-order valence-electron chi connectivity index (χ4n) is 3.02. The maximum Gasteiger partial charge on any atom is 0.234 e. The third-order valence-corrected chi connectivity index (χ3v) is 9.00. The van der Waals surface area contributed by atoms with E-state index >= 15 is 0 Å². The van der Waals surface area contributed by atoms with E-state index in [1.165, 1.54) is 43.3 Å². The maximum atomic E-state index is 13.1. The van der Waals surface area contributed by atoms with Crippen molar-refractivity contribution in [3.63, 3.8) is 0 Å². The molecule has 0 saturated heterocycles. The second-order valence-corrected chi connectivity index (χ2v) is 13.5. The molecule has 8 nitrogen and oxygen atoms in total. The van der Waals surface area contributed by atoms with Crippen LogP contribution in [0.1, 0.15) is 20.8 Å². The van der Waals surface area contributed by atoms with Gasteiger partial charge in [-0.3, -0.25) is 4.79 Å². The lowest BCUT2D eigenvalue weighted by Gasteiger charge is -2.22. The number of alkyl halides is 1. The van der Waals surface area contributed by atoms with E-state index < -0.39 is 25.8 Å². The molecule has 0 bridgehead atoms. The van der Waals surface area contributed by atoms with E-state index in [0.717, 1.165) is 10.6 Å². The first-order chi connectivity index (χ1) is 16.7. The average molecular weight is 601 g/mol. The normalized spacial score (nSPS) is 13.6. The summed E-state index contributed by atoms with van der Waals surface area (Å²) in [6.45, 7) is 5.15. The van der Waals surface area contributed by atoms with Crippen LogP contribution in [0.4, 0.5) is 0 Å². The van der Waals surface area contributed by atoms with Gasteiger partial charge in [-0.15, -0.1) is 11.6 Å². The number of rotatable bonds is 12. The summed E-state index contributed by atoms with van der Waals surface area (Å²) in [5.74, 6) is 0.124. The van der Waals surface area contributed by atoms with Gasteiger partial charge in [0.25, 0.3) is 0 Å². The second-order valence-electron chi connectivity index (χ2n) is 8.49. The van der Waals surface area contributed by atoms with Crippen LogP contribution in [0.15, 0.2) is 46.2 Å². The highest BCUT2D eigenvalue weighted by Gasteiger charge is 2.24. The highest BCUT2D eigenvalue weighted by Crippen LogP contribution is 2.37. The summed E-state index contributed by atoms with van der Waals surface area (Å²) in [7, 11) is -7.62. The molecule has 0 aliphatic carbocycles. The summed E-state index contributed by atoms with van der Waals surface area (Å²) in [6, 6.07) is 8.26. The highest BCUT2D eigenvalue weighted by atomic mass is 35.5. The monoisotopic (exact) mass is 599 g/mol. The third-order valence-electron chi connectivity index (χ3n) is 4.96. The largest absolute Gasteiger partial charge is 0.493 e. The Kier molecular flexibility index (Phi) is 10.8. The van der Waals surface area contributed by atoms with Crippen molar-refractivity contribution < 1.29 is 31.1 Å². The molecule has 0 heterocycles. The Bertz CT molecular complexity index is 1260. The molecule has 0 saturated carbocycles. The lowest BCUT2D eigenvalue weighted by Crippen LogP contribution is -2.38. The first kappa shape index (κ1) is 30.5. The van der Waals surface area contributed by atoms with E-state index in [4.69, 9.17) is 44.3 Å². The van der Waals surface area contributed by atoms with Gasteiger partial charge in [0, 0.05) is 31.2 Å². The van der Waals surface area contributed by atoms with Crippen LogP contribution in [-0.2, 0) is 24.7 Å². The van der Waals surface area contributed by atoms with Crippen molar-refractivity contribution in [3.8, 4) is 11.5 Å². The van der Waals surface area contributed by atoms with Crippen LogP contribution in [0, 0.1) is 11.8 Å². The molecule has 2 atom stereocenters. The molecule has 36 heavy (non-hydrogen) atoms. The molecule has 1 amide bonds. The van der Waals surface area contributed by atoms with E-state index in [9.17, 15) is 21.6 Å². The van der Waals surface area contributed by atoms with Gasteiger partial charge in [0.05, 0.1) is 39.3 Å². The zero-order chi connectivity index (χ0) is 27.3. The number of hydrogen-bond donors (Lipinski definition) is 0. The number of sulfonamides is 1. The van der Waals surface area contributed by atoms with E-state index in [2.05, 4.69) is 0 Å². The minimum Gasteiger partial charge on any atom is -0.493 e. The summed E-state index contributed by atoms with van der Waals surface area (Å²) in [6.07, 6.45) is 0.962. The Morgan fingerprint density at radius 2 is 1.44 bits per heavy atom. The molecular weight excluding hydrogens is 573 g/mol. The SMILES string of the molecule is CC(=O)N(C[C@H](C)COc1ccc(S(=O)(=O)c2cc(Cl)c(OC[C@H](C)CCl)c(Cl)c2)cc1)S(C)(=O)=O. The fourth-order valence-corrected chi connectivity index (χ4v) is 6.14. The molecule has 2 rings (SSSR count). The summed E-state index contributed by atoms with van der Waals surface area (Å²) in [5.41, 5.74) is 0. The van der Waals surface area contributed by atoms with Gasteiger partial charge in [0.1, 0.15) is 5.75 Å². The van der Waals surface area contributed by atoms with Gasteiger partial charge in [0.2, 0.25) is 25.8 Å². The first-order valence-corrected chi connectivity index (χ1v) is 15.4. The van der Waals surface area contributed by atoms with Crippen molar-refractivity contribution in [2.45, 2.75) is 30.6 Å². The zero-order valence-electron chi connectivity index (χ0n) is 20.2. The summed E-state index contributed by atoms with van der Waals surface area (Å²) in [5, 5.41) is 0.121. The Morgan fingerprint density at radius 1 is 0.917 bits per heavy atom. The summed E-state index contributed by atoms with van der Waals surface area (Å²) >= 11 is 18.3. The zero-order valence-corrected chi connectivity index (χ0v) is 24.1. The highest BCUT2D eigenvalue weighted by molar-refractivity contribution is 7.91. The Balaban J connectivity index is 2.12. The molecule has 0 radical (unpaired) electrons. The van der Waals surface area contributed by atoms with Gasteiger partial charge in [-0.1, -0.05) is 37.0 Å². The minimum atomic E-state index is -3.94. The molecule has 0 aromatic heterocycles. The number of carbonyl (C=O) groups excluding carboxylic acids is 1. The summed E-state index contributed by atoms with van der Waals surface area (Å²) in [4.78, 5) is 11.5. The van der Waals surface area contributed by atoms with Gasteiger partial charge in [-0.25, -0.2) is 21.1 Å². The second kappa shape index (κ2) is 12.7. The Hall–Kier alpha value is -1.72. The lowest BCUT2D eigenvalue weighted by molar-refractivity contribution is -0.124. The Labute approximate surface area is 227 Å². The predicted octanol–water partition coefficient (Wildman–Crippen LogP) is 4.90. The minimum absolute atomic E-state index is 0.000654. The van der Waals surface area contributed by atoms with Crippen molar-refractivity contribution >= 4 is 60.6 Å². The predicted molar refractivity (Wildman–Crippen MR) is 141 cm³/mol. The molecule has 2 aromatic rings. The number of hydrogen-bond acceptors (Lipinski definition) is 7. The quantitative estimate of drug-likeness (QED) is 0.319. The molecule has 0 aliphatic rings. The van der Waals surface area contributed by atoms with Crippen LogP contribution in [0.3, 0.4) is 0 Å². The number of carbonyl (C=O) groups is 1. The molecule has 200 valence electrons. The van der Waals surface area contributed by atoms with E-state index in [1.54, 1.807) is 6.92 Å². The molecular formula is C23H28Cl3NO7S2. The summed E-state index contributed by atoms with van der Waals surface area (Å²) < 4.78 is 61.7. The van der Waals surface area contributed by atoms with Gasteiger partial charge in [0.15, 0.2) is 5.75 Å². The molecule has 2 aromatic carbocycles. The van der Waals surface area contributed by atoms with E-state index in [1.807, 2.05) is 6.92 Å². The standard InChI is InChI=1S/C23H28Cl3NO7S2/c1-15(11-24)13-34-23-21(25)9-20(10-22(23)26)36(31,32)19-7-5-18(6-8-19)33-14-16(2)12-27(17(3)28)35(4,29)30/h5-10,15-16H,11-14H2,1-4H3/t15-,16+/m1/s1. The topological polar surface area (TPSA) is 107 Å². The van der Waals surface area contributed by atoms with E-state index in [0.29, 0.717) is 11.6 Å². The number of sulfone groups is 1. The van der Waals surface area contributed by atoms with Crippen LogP contribution in [0.2, 0.25) is 10.0 Å². The fraction of sp³-hybridized carbons (Fsp3) is 0.435. The van der Waals surface area contributed by atoms with Gasteiger partial charge >= 0.3 is 0 Å². The van der Waals surface area contributed by atoms with Crippen LogP contribution >= 0.6 is 34.8 Å². The molecule has 0 fully saturated rings. The van der Waals surface area contributed by atoms with Crippen LogP contribution in [0.5, 0.6) is 11.5 Å². The molecule has 0 aliphatic heterocycles. The number of benzene rings is 2. The smallest absolute Gasteiger partial charge is 0.234 e. The third kappa shape index (κ3) is 8.14. The molecule has 0 unspecified atom stereocenters. The van der Waals surface area contributed by atoms with Crippen LogP contribution in [0.25, 0.3) is 0 Å². The average Bonchev–Trinajstić information content (AvgIpc) is 2.79. The Morgan fingerprint density at radius 3 is 1.92 bits per heavy atom. The van der Waals surface area contributed by atoms with Gasteiger partial charge in [-0.2, -0.15) is 0 Å². The number of ether oxygens (including phenoxy) is 2. The van der Waals surface area contributed by atoms with Gasteiger partial charge < -0.3 is 9.47 Å². The van der Waals surface area contributed by atoms with Crippen molar-refractivity contribution in [1.29, 1.82) is 0 Å². The first-order valence-electron chi connectivity index (χ1n) is 10.8. The number of amides is 1. The van der Waals surface area contributed by atoms with Gasteiger partial charge in [-0.05, 0) is 36.4 Å².